The second-order valence-corrected chi connectivity index (χ2v) is 5.46. The van der Waals surface area contributed by atoms with Gasteiger partial charge in [-0.2, -0.15) is 5.26 Å². The number of rotatable bonds is 6. The van der Waals surface area contributed by atoms with E-state index in [0.717, 1.165) is 17.9 Å². The SMILES string of the molecule is CC(C)CNCc1nccn1Cc1cc(F)cc(C#N)c1. The molecule has 0 aliphatic heterocycles. The van der Waals surface area contributed by atoms with E-state index in [1.165, 1.54) is 12.1 Å². The first-order valence-electron chi connectivity index (χ1n) is 6.98. The number of nitriles is 1. The maximum atomic E-state index is 13.4. The first-order chi connectivity index (χ1) is 10.1. The van der Waals surface area contributed by atoms with E-state index in [1.807, 2.05) is 16.8 Å². The smallest absolute Gasteiger partial charge is 0.124 e. The number of nitrogens with one attached hydrogen (secondary N) is 1. The van der Waals surface area contributed by atoms with Crippen molar-refractivity contribution in [2.75, 3.05) is 6.54 Å². The molecule has 2 aromatic rings. The fraction of sp³-hybridized carbons (Fsp3) is 0.375. The molecule has 0 spiro atoms. The summed E-state index contributed by atoms with van der Waals surface area (Å²) in [6, 6.07) is 6.36. The van der Waals surface area contributed by atoms with Crippen molar-refractivity contribution in [1.29, 1.82) is 5.26 Å². The minimum absolute atomic E-state index is 0.338. The van der Waals surface area contributed by atoms with Gasteiger partial charge in [-0.3, -0.25) is 0 Å². The highest BCUT2D eigenvalue weighted by Gasteiger charge is 2.06. The van der Waals surface area contributed by atoms with Crippen molar-refractivity contribution in [3.8, 4) is 6.07 Å². The lowest BCUT2D eigenvalue weighted by Gasteiger charge is -2.10. The highest BCUT2D eigenvalue weighted by molar-refractivity contribution is 5.33. The van der Waals surface area contributed by atoms with Crippen molar-refractivity contribution in [2.45, 2.75) is 26.9 Å². The van der Waals surface area contributed by atoms with Crippen LogP contribution in [0.25, 0.3) is 0 Å². The molecule has 4 nitrogen and oxygen atoms in total. The molecule has 0 amide bonds. The highest BCUT2D eigenvalue weighted by Crippen LogP contribution is 2.11. The van der Waals surface area contributed by atoms with E-state index in [2.05, 4.69) is 24.1 Å². The van der Waals surface area contributed by atoms with Gasteiger partial charge in [-0.05, 0) is 36.2 Å². The van der Waals surface area contributed by atoms with Gasteiger partial charge in [-0.15, -0.1) is 0 Å². The Bertz CT molecular complexity index is 640. The van der Waals surface area contributed by atoms with Crippen LogP contribution in [0.3, 0.4) is 0 Å². The summed E-state index contributed by atoms with van der Waals surface area (Å²) in [5, 5.41) is 12.2. The lowest BCUT2D eigenvalue weighted by molar-refractivity contribution is 0.532. The maximum absolute atomic E-state index is 13.4. The molecule has 21 heavy (non-hydrogen) atoms. The molecule has 5 heteroatoms. The lowest BCUT2D eigenvalue weighted by atomic mass is 10.1. The predicted molar refractivity (Wildman–Crippen MR) is 79.0 cm³/mol. The van der Waals surface area contributed by atoms with E-state index in [1.54, 1.807) is 12.3 Å². The molecule has 1 heterocycles. The molecule has 110 valence electrons. The summed E-state index contributed by atoms with van der Waals surface area (Å²) >= 11 is 0. The zero-order chi connectivity index (χ0) is 15.2. The summed E-state index contributed by atoms with van der Waals surface area (Å²) in [7, 11) is 0. The minimum Gasteiger partial charge on any atom is -0.329 e. The average Bonchev–Trinajstić information content (AvgIpc) is 2.85. The van der Waals surface area contributed by atoms with Gasteiger partial charge in [0.2, 0.25) is 0 Å². The molecule has 1 aromatic heterocycles. The first-order valence-corrected chi connectivity index (χ1v) is 6.98. The quantitative estimate of drug-likeness (QED) is 0.888. The Morgan fingerprint density at radius 2 is 2.19 bits per heavy atom. The van der Waals surface area contributed by atoms with Crippen LogP contribution < -0.4 is 5.32 Å². The minimum atomic E-state index is -0.386. The number of nitrogens with zero attached hydrogens (tertiary/aromatic N) is 3. The molecule has 0 unspecified atom stereocenters. The van der Waals surface area contributed by atoms with Crippen LogP contribution in [0.5, 0.6) is 0 Å². The summed E-state index contributed by atoms with van der Waals surface area (Å²) in [5.74, 6) is 1.09. The van der Waals surface area contributed by atoms with E-state index in [4.69, 9.17) is 5.26 Å². The zero-order valence-electron chi connectivity index (χ0n) is 12.3. The molecule has 0 radical (unpaired) electrons. The molecule has 0 fully saturated rings. The highest BCUT2D eigenvalue weighted by atomic mass is 19.1. The summed E-state index contributed by atoms with van der Waals surface area (Å²) in [6.07, 6.45) is 3.60. The second kappa shape index (κ2) is 7.00. The summed E-state index contributed by atoms with van der Waals surface area (Å²) in [6.45, 7) is 6.40. The number of hydrogen-bond donors (Lipinski definition) is 1. The molecule has 0 aliphatic carbocycles. The van der Waals surface area contributed by atoms with Gasteiger partial charge in [0.05, 0.1) is 18.2 Å². The molecular weight excluding hydrogens is 267 g/mol. The molecular formula is C16H19FN4. The van der Waals surface area contributed by atoms with Crippen LogP contribution in [0, 0.1) is 23.1 Å². The zero-order valence-corrected chi connectivity index (χ0v) is 12.3. The van der Waals surface area contributed by atoms with Crippen LogP contribution in [0.1, 0.15) is 30.8 Å². The van der Waals surface area contributed by atoms with Gasteiger partial charge in [0, 0.05) is 18.9 Å². The maximum Gasteiger partial charge on any atom is 0.124 e. The van der Waals surface area contributed by atoms with Gasteiger partial charge < -0.3 is 9.88 Å². The topological polar surface area (TPSA) is 53.6 Å². The molecule has 0 aliphatic rings. The molecule has 0 atom stereocenters. The summed E-state index contributed by atoms with van der Waals surface area (Å²) < 4.78 is 15.4. The van der Waals surface area contributed by atoms with Gasteiger partial charge in [0.25, 0.3) is 0 Å². The Balaban J connectivity index is 2.08. The van der Waals surface area contributed by atoms with Crippen molar-refractivity contribution in [1.82, 2.24) is 14.9 Å². The fourth-order valence-electron chi connectivity index (χ4n) is 2.13. The lowest BCUT2D eigenvalue weighted by Crippen LogP contribution is -2.21. The average molecular weight is 286 g/mol. The van der Waals surface area contributed by atoms with E-state index in [9.17, 15) is 4.39 Å². The van der Waals surface area contributed by atoms with Crippen LogP contribution in [0.2, 0.25) is 0 Å². The van der Waals surface area contributed by atoms with Crippen LogP contribution >= 0.6 is 0 Å². The largest absolute Gasteiger partial charge is 0.329 e. The Kier molecular flexibility index (Phi) is 5.07. The van der Waals surface area contributed by atoms with Gasteiger partial charge in [-0.1, -0.05) is 13.8 Å². The monoisotopic (exact) mass is 286 g/mol. The van der Waals surface area contributed by atoms with Crippen molar-refractivity contribution in [3.05, 3.63) is 53.4 Å². The van der Waals surface area contributed by atoms with Crippen LogP contribution in [-0.4, -0.2) is 16.1 Å². The first kappa shape index (κ1) is 15.2. The van der Waals surface area contributed by atoms with Crippen LogP contribution in [0.15, 0.2) is 30.6 Å². The third-order valence-electron chi connectivity index (χ3n) is 3.08. The van der Waals surface area contributed by atoms with Crippen LogP contribution in [-0.2, 0) is 13.1 Å². The van der Waals surface area contributed by atoms with E-state index in [-0.39, 0.29) is 5.82 Å². The molecule has 1 N–H and O–H groups in total. The molecule has 0 saturated carbocycles. The number of hydrogen-bond acceptors (Lipinski definition) is 3. The third-order valence-corrected chi connectivity index (χ3v) is 3.08. The Morgan fingerprint density at radius 3 is 2.90 bits per heavy atom. The van der Waals surface area contributed by atoms with Gasteiger partial charge in [0.15, 0.2) is 0 Å². The number of benzene rings is 1. The van der Waals surface area contributed by atoms with Crippen molar-refractivity contribution < 1.29 is 4.39 Å². The molecule has 0 saturated heterocycles. The van der Waals surface area contributed by atoms with Gasteiger partial charge in [0.1, 0.15) is 11.6 Å². The van der Waals surface area contributed by atoms with Crippen molar-refractivity contribution in [3.63, 3.8) is 0 Å². The Hall–Kier alpha value is -2.19. The predicted octanol–water partition coefficient (Wildman–Crippen LogP) is 2.69. The standard InChI is InChI=1S/C16H19FN4/c1-12(2)9-19-10-16-20-3-4-21(16)11-14-5-13(8-18)6-15(17)7-14/h3-7,12,19H,9-11H2,1-2H3. The molecule has 0 bridgehead atoms. The van der Waals surface area contributed by atoms with Crippen molar-refractivity contribution in [2.24, 2.45) is 5.92 Å². The fourth-order valence-corrected chi connectivity index (χ4v) is 2.13. The normalized spacial score (nSPS) is 10.8. The van der Waals surface area contributed by atoms with Gasteiger partial charge in [-0.25, -0.2) is 9.37 Å². The van der Waals surface area contributed by atoms with E-state index in [0.29, 0.717) is 24.6 Å². The molecule has 1 aromatic carbocycles. The number of aromatic nitrogens is 2. The van der Waals surface area contributed by atoms with Crippen molar-refractivity contribution >= 4 is 0 Å². The Morgan fingerprint density at radius 1 is 1.38 bits per heavy atom. The van der Waals surface area contributed by atoms with E-state index >= 15 is 0 Å². The van der Waals surface area contributed by atoms with E-state index < -0.39 is 0 Å². The second-order valence-electron chi connectivity index (χ2n) is 5.46. The number of halogens is 1. The summed E-state index contributed by atoms with van der Waals surface area (Å²) in [4.78, 5) is 4.32. The Labute approximate surface area is 124 Å². The van der Waals surface area contributed by atoms with Crippen LogP contribution in [0.4, 0.5) is 4.39 Å². The van der Waals surface area contributed by atoms with Gasteiger partial charge >= 0.3 is 0 Å². The number of imidazole rings is 1. The molecule has 2 rings (SSSR count). The third kappa shape index (κ3) is 4.40. The summed E-state index contributed by atoms with van der Waals surface area (Å²) in [5.41, 5.74) is 1.10.